The zero-order chi connectivity index (χ0) is 16.7. The summed E-state index contributed by atoms with van der Waals surface area (Å²) in [6.45, 7) is 5.99. The summed E-state index contributed by atoms with van der Waals surface area (Å²) in [4.78, 5) is -2.58. The molecule has 1 heterocycles. The van der Waals surface area contributed by atoms with Crippen LogP contribution >= 0.6 is 69.6 Å². The minimum atomic E-state index is -1.54. The molecule has 0 amide bonds. The topological polar surface area (TPSA) is 18.5 Å². The second kappa shape index (κ2) is 5.20. The lowest BCUT2D eigenvalue weighted by atomic mass is 9.89. The predicted octanol–water partition coefficient (Wildman–Crippen LogP) is 5.77. The molecule has 3 aliphatic rings. The van der Waals surface area contributed by atoms with E-state index in [1.165, 1.54) is 0 Å². The van der Waals surface area contributed by atoms with E-state index in [1.54, 1.807) is 0 Å². The first-order chi connectivity index (χ1) is 9.87. The summed E-state index contributed by atoms with van der Waals surface area (Å²) in [5.74, 6) is -0.404. The molecular weight excluding hydrogens is 413 g/mol. The van der Waals surface area contributed by atoms with E-state index in [9.17, 15) is 0 Å². The zero-order valence-electron chi connectivity index (χ0n) is 12.2. The number of rotatable bonds is 1. The Labute approximate surface area is 160 Å². The molecule has 126 valence electrons. The zero-order valence-corrected chi connectivity index (χ0v) is 16.8. The molecular formula is C14H16Cl6O2. The fourth-order valence-electron chi connectivity index (χ4n) is 3.78. The second-order valence-corrected chi connectivity index (χ2v) is 10.2. The van der Waals surface area contributed by atoms with Crippen molar-refractivity contribution in [2.75, 3.05) is 0 Å². The van der Waals surface area contributed by atoms with E-state index in [0.29, 0.717) is 6.42 Å². The first-order valence-corrected chi connectivity index (χ1v) is 9.29. The van der Waals surface area contributed by atoms with Crippen LogP contribution < -0.4 is 0 Å². The lowest BCUT2D eigenvalue weighted by Gasteiger charge is -2.45. The van der Waals surface area contributed by atoms with E-state index < -0.39 is 26.3 Å². The van der Waals surface area contributed by atoms with Crippen molar-refractivity contribution in [1.29, 1.82) is 0 Å². The maximum atomic E-state index is 6.78. The highest BCUT2D eigenvalue weighted by Crippen LogP contribution is 2.75. The second-order valence-electron chi connectivity index (χ2n) is 6.92. The smallest absolute Gasteiger partial charge is 0.166 e. The van der Waals surface area contributed by atoms with Gasteiger partial charge in [0.25, 0.3) is 0 Å². The van der Waals surface area contributed by atoms with Gasteiger partial charge in [-0.25, -0.2) is 0 Å². The van der Waals surface area contributed by atoms with Gasteiger partial charge in [-0.3, -0.25) is 0 Å². The van der Waals surface area contributed by atoms with Crippen molar-refractivity contribution in [3.05, 3.63) is 10.1 Å². The van der Waals surface area contributed by atoms with Crippen molar-refractivity contribution in [3.8, 4) is 0 Å². The Hall–Kier alpha value is 1.40. The van der Waals surface area contributed by atoms with Gasteiger partial charge in [0.1, 0.15) is 9.75 Å². The number of ether oxygens (including phenoxy) is 2. The van der Waals surface area contributed by atoms with Crippen LogP contribution in [0, 0.1) is 5.92 Å². The molecule has 22 heavy (non-hydrogen) atoms. The first kappa shape index (κ1) is 18.2. The highest BCUT2D eigenvalue weighted by atomic mass is 35.5. The van der Waals surface area contributed by atoms with Crippen LogP contribution in [0.2, 0.25) is 0 Å². The quantitative estimate of drug-likeness (QED) is 0.493. The Bertz CT molecular complexity index is 547. The third kappa shape index (κ3) is 2.15. The lowest BCUT2D eigenvalue weighted by Crippen LogP contribution is -2.52. The highest BCUT2D eigenvalue weighted by Gasteiger charge is 2.80. The van der Waals surface area contributed by atoms with Gasteiger partial charge >= 0.3 is 0 Å². The van der Waals surface area contributed by atoms with Crippen molar-refractivity contribution >= 4 is 69.6 Å². The van der Waals surface area contributed by atoms with E-state index >= 15 is 0 Å². The maximum absolute atomic E-state index is 6.78. The monoisotopic (exact) mass is 426 g/mol. The first-order valence-electron chi connectivity index (χ1n) is 7.02. The summed E-state index contributed by atoms with van der Waals surface area (Å²) in [6.07, 6.45) is 0.507. The van der Waals surface area contributed by atoms with Crippen LogP contribution in [0.3, 0.4) is 0 Å². The lowest BCUT2D eigenvalue weighted by molar-refractivity contribution is -0.288. The van der Waals surface area contributed by atoms with Gasteiger partial charge < -0.3 is 9.47 Å². The summed E-state index contributed by atoms with van der Waals surface area (Å²) in [5, 5.41) is 0.380. The third-order valence-electron chi connectivity index (χ3n) is 4.74. The molecule has 0 N–H and O–H groups in total. The van der Waals surface area contributed by atoms with E-state index in [4.69, 9.17) is 79.1 Å². The molecule has 1 aliphatic heterocycles. The summed E-state index contributed by atoms with van der Waals surface area (Å²) in [7, 11) is 0. The molecule has 0 radical (unpaired) electrons. The molecule has 8 heteroatoms. The largest absolute Gasteiger partial charge is 0.349 e. The van der Waals surface area contributed by atoms with Crippen LogP contribution in [-0.4, -0.2) is 32.1 Å². The molecule has 0 spiro atoms. The fraction of sp³-hybridized carbons (Fsp3) is 0.857. The van der Waals surface area contributed by atoms with Crippen LogP contribution in [0.4, 0.5) is 0 Å². The summed E-state index contributed by atoms with van der Waals surface area (Å²) < 4.78 is 10.5. The van der Waals surface area contributed by atoms with Crippen molar-refractivity contribution < 1.29 is 9.47 Å². The summed E-state index contributed by atoms with van der Waals surface area (Å²) in [6, 6.07) is 0. The van der Waals surface area contributed by atoms with Gasteiger partial charge in [-0.2, -0.15) is 0 Å². The van der Waals surface area contributed by atoms with Crippen molar-refractivity contribution in [2.45, 2.75) is 65.7 Å². The van der Waals surface area contributed by atoms with Crippen LogP contribution in [0.15, 0.2) is 10.1 Å². The molecule has 2 nitrogen and oxygen atoms in total. The number of fused-ring (bicyclic) bond motifs is 2. The Morgan fingerprint density at radius 3 is 2.05 bits per heavy atom. The Kier molecular flexibility index (Phi) is 4.30. The number of allylic oxidation sites excluding steroid dienone is 2. The Morgan fingerprint density at radius 2 is 1.59 bits per heavy atom. The number of hydrogen-bond donors (Lipinski definition) is 0. The molecule has 2 bridgehead atoms. The SMILES string of the molecule is CC1CC(C)(C)OC(C2CC3(Cl)C(Cl)=C(Cl)C2(Cl)C3(Cl)Cl)O1. The molecule has 3 rings (SSSR count). The van der Waals surface area contributed by atoms with Crippen LogP contribution in [-0.2, 0) is 9.47 Å². The van der Waals surface area contributed by atoms with Crippen LogP contribution in [0.25, 0.3) is 0 Å². The minimum Gasteiger partial charge on any atom is -0.349 e. The maximum Gasteiger partial charge on any atom is 0.166 e. The van der Waals surface area contributed by atoms with Gasteiger partial charge in [0.2, 0.25) is 0 Å². The van der Waals surface area contributed by atoms with Crippen LogP contribution in [0.5, 0.6) is 0 Å². The van der Waals surface area contributed by atoms with E-state index in [1.807, 2.05) is 20.8 Å². The molecule has 0 aromatic carbocycles. The molecule has 5 atom stereocenters. The number of hydrogen-bond acceptors (Lipinski definition) is 2. The van der Waals surface area contributed by atoms with Gasteiger partial charge in [0.15, 0.2) is 10.6 Å². The third-order valence-corrected chi connectivity index (χ3v) is 9.03. The highest BCUT2D eigenvalue weighted by molar-refractivity contribution is 6.65. The standard InChI is InChI=1S/C14H16Cl6O2/c1-6-4-11(2,3)22-10(21-6)7-5-12(17)8(15)9(16)13(7,18)14(12,19)20/h6-7,10H,4-5H2,1-3H3. The fourth-order valence-corrected chi connectivity index (χ4v) is 6.58. The average molecular weight is 429 g/mol. The van der Waals surface area contributed by atoms with Gasteiger partial charge in [0, 0.05) is 12.3 Å². The Morgan fingerprint density at radius 1 is 1.00 bits per heavy atom. The molecule has 1 saturated carbocycles. The van der Waals surface area contributed by atoms with Crippen molar-refractivity contribution in [1.82, 2.24) is 0 Å². The van der Waals surface area contributed by atoms with E-state index in [2.05, 4.69) is 0 Å². The summed E-state index contributed by atoms with van der Waals surface area (Å²) >= 11 is 39.0. The molecule has 2 aliphatic carbocycles. The molecule has 2 fully saturated rings. The number of halogens is 6. The van der Waals surface area contributed by atoms with Crippen LogP contribution in [0.1, 0.15) is 33.6 Å². The molecule has 1 saturated heterocycles. The van der Waals surface area contributed by atoms with Gasteiger partial charge in [-0.15, -0.1) is 23.2 Å². The van der Waals surface area contributed by atoms with Gasteiger partial charge in [-0.05, 0) is 27.2 Å². The van der Waals surface area contributed by atoms with Crippen molar-refractivity contribution in [3.63, 3.8) is 0 Å². The molecule has 5 unspecified atom stereocenters. The summed E-state index contributed by atoms with van der Waals surface area (Å²) in [5.41, 5.74) is -0.349. The molecule has 0 aromatic heterocycles. The van der Waals surface area contributed by atoms with Gasteiger partial charge in [-0.1, -0.05) is 46.4 Å². The number of alkyl halides is 4. The van der Waals surface area contributed by atoms with E-state index in [-0.39, 0.29) is 21.8 Å². The predicted molar refractivity (Wildman–Crippen MR) is 92.6 cm³/mol. The molecule has 0 aromatic rings. The minimum absolute atomic E-state index is 0.0118. The normalized spacial score (nSPS) is 49.8. The van der Waals surface area contributed by atoms with Gasteiger partial charge in [0.05, 0.1) is 21.8 Å². The Balaban J connectivity index is 2.02. The van der Waals surface area contributed by atoms with Crippen molar-refractivity contribution in [2.24, 2.45) is 5.92 Å². The van der Waals surface area contributed by atoms with E-state index in [0.717, 1.165) is 6.42 Å². The average Bonchev–Trinajstić information content (AvgIpc) is 2.58.